The molecule has 0 aliphatic rings. The minimum atomic E-state index is -0.0845. The van der Waals surface area contributed by atoms with Crippen LogP contribution in [0.15, 0.2) is 45.1 Å². The average molecular weight is 593 g/mol. The molecule has 2 aromatic carbocycles. The van der Waals surface area contributed by atoms with E-state index in [0.717, 1.165) is 11.1 Å². The van der Waals surface area contributed by atoms with Gasteiger partial charge >= 0.3 is 0 Å². The Kier molecular flexibility index (Phi) is 12.5. The van der Waals surface area contributed by atoms with E-state index in [4.69, 9.17) is 18.9 Å². The third kappa shape index (κ3) is 9.83. The van der Waals surface area contributed by atoms with Crippen LogP contribution in [-0.2, 0) is 22.4 Å². The maximum atomic E-state index is 12.2. The lowest BCUT2D eigenvalue weighted by Crippen LogP contribution is -2.27. The van der Waals surface area contributed by atoms with E-state index in [1.165, 1.54) is 34.9 Å². The number of ether oxygens (including phenoxy) is 4. The Bertz CT molecular complexity index is 1150. The van der Waals surface area contributed by atoms with Crippen molar-refractivity contribution in [1.82, 2.24) is 20.8 Å². The van der Waals surface area contributed by atoms with Crippen molar-refractivity contribution in [3.05, 3.63) is 47.5 Å². The largest absolute Gasteiger partial charge is 0.493 e. The highest BCUT2D eigenvalue weighted by Crippen LogP contribution is 2.30. The van der Waals surface area contributed by atoms with Gasteiger partial charge in [0.25, 0.3) is 0 Å². The van der Waals surface area contributed by atoms with Crippen molar-refractivity contribution < 1.29 is 28.5 Å². The van der Waals surface area contributed by atoms with Gasteiger partial charge in [-0.25, -0.2) is 0 Å². The normalized spacial score (nSPS) is 10.6. The predicted molar refractivity (Wildman–Crippen MR) is 154 cm³/mol. The fourth-order valence-corrected chi connectivity index (χ4v) is 6.12. The fraction of sp³-hybridized carbons (Fsp3) is 0.385. The van der Waals surface area contributed by atoms with Crippen molar-refractivity contribution in [2.75, 3.05) is 53.0 Å². The number of hydrogen-bond donors (Lipinski definition) is 2. The van der Waals surface area contributed by atoms with E-state index < -0.39 is 0 Å². The molecule has 13 heteroatoms. The van der Waals surface area contributed by atoms with Crippen LogP contribution < -0.4 is 29.6 Å². The summed E-state index contributed by atoms with van der Waals surface area (Å²) in [5.74, 6) is 2.97. The molecule has 2 amide bonds. The minimum Gasteiger partial charge on any atom is -0.493 e. The van der Waals surface area contributed by atoms with Gasteiger partial charge in [-0.05, 0) is 48.2 Å². The van der Waals surface area contributed by atoms with E-state index in [1.54, 1.807) is 28.4 Å². The fourth-order valence-electron chi connectivity index (χ4n) is 3.44. The van der Waals surface area contributed by atoms with Gasteiger partial charge < -0.3 is 29.6 Å². The van der Waals surface area contributed by atoms with Crippen molar-refractivity contribution in [3.8, 4) is 23.0 Å². The summed E-state index contributed by atoms with van der Waals surface area (Å²) < 4.78 is 22.5. The number of rotatable bonds is 16. The summed E-state index contributed by atoms with van der Waals surface area (Å²) in [5.41, 5.74) is 2.08. The zero-order valence-electron chi connectivity index (χ0n) is 22.3. The first-order chi connectivity index (χ1) is 18.9. The van der Waals surface area contributed by atoms with Crippen LogP contribution in [0.2, 0.25) is 0 Å². The second-order valence-corrected chi connectivity index (χ2v) is 11.4. The van der Waals surface area contributed by atoms with E-state index in [2.05, 4.69) is 20.8 Å². The van der Waals surface area contributed by atoms with Crippen molar-refractivity contribution in [3.63, 3.8) is 0 Å². The summed E-state index contributed by atoms with van der Waals surface area (Å²) in [6.07, 6.45) is 1.35. The highest BCUT2D eigenvalue weighted by Gasteiger charge is 2.11. The van der Waals surface area contributed by atoms with Gasteiger partial charge in [-0.15, -0.1) is 10.2 Å². The lowest BCUT2D eigenvalue weighted by Gasteiger charge is -2.10. The number of nitrogens with zero attached hydrogens (tertiary/aromatic N) is 2. The number of nitrogens with one attached hydrogen (secondary N) is 2. The summed E-state index contributed by atoms with van der Waals surface area (Å²) in [6.45, 7) is 1.01. The Hall–Kier alpha value is -3.16. The van der Waals surface area contributed by atoms with Crippen LogP contribution >= 0.6 is 34.9 Å². The molecule has 39 heavy (non-hydrogen) atoms. The van der Waals surface area contributed by atoms with Gasteiger partial charge in [0, 0.05) is 13.1 Å². The number of benzene rings is 2. The van der Waals surface area contributed by atoms with Crippen LogP contribution in [0.4, 0.5) is 0 Å². The molecule has 0 aliphatic heterocycles. The molecule has 2 N–H and O–H groups in total. The maximum absolute atomic E-state index is 12.2. The molecule has 0 saturated heterocycles. The molecule has 0 fully saturated rings. The highest BCUT2D eigenvalue weighted by atomic mass is 32.2. The third-order valence-electron chi connectivity index (χ3n) is 5.41. The van der Waals surface area contributed by atoms with Gasteiger partial charge in [-0.1, -0.05) is 47.0 Å². The monoisotopic (exact) mass is 592 g/mol. The number of hydrogen-bond acceptors (Lipinski definition) is 11. The number of carbonyl (C=O) groups excluding carboxylic acids is 2. The molecule has 0 spiro atoms. The summed E-state index contributed by atoms with van der Waals surface area (Å²) in [5, 5.41) is 14.0. The summed E-state index contributed by atoms with van der Waals surface area (Å²) >= 11 is 4.01. The number of amides is 2. The molecule has 3 rings (SSSR count). The first-order valence-electron chi connectivity index (χ1n) is 12.0. The molecular weight excluding hydrogens is 561 g/mol. The molecule has 0 aliphatic carbocycles. The number of methoxy groups -OCH3 is 4. The lowest BCUT2D eigenvalue weighted by atomic mass is 10.1. The van der Waals surface area contributed by atoms with Crippen molar-refractivity contribution in [2.45, 2.75) is 21.5 Å². The lowest BCUT2D eigenvalue weighted by molar-refractivity contribution is -0.119. The maximum Gasteiger partial charge on any atom is 0.230 e. The zero-order chi connectivity index (χ0) is 28.0. The molecule has 0 bridgehead atoms. The van der Waals surface area contributed by atoms with Crippen LogP contribution in [0.3, 0.4) is 0 Å². The van der Waals surface area contributed by atoms with Gasteiger partial charge in [0.1, 0.15) is 0 Å². The summed E-state index contributed by atoms with van der Waals surface area (Å²) in [6, 6.07) is 11.4. The van der Waals surface area contributed by atoms with Gasteiger partial charge in [0.15, 0.2) is 31.7 Å². The molecule has 1 heterocycles. The van der Waals surface area contributed by atoms with Gasteiger partial charge in [0.2, 0.25) is 11.8 Å². The summed E-state index contributed by atoms with van der Waals surface area (Å²) in [7, 11) is 6.37. The van der Waals surface area contributed by atoms with E-state index in [0.29, 0.717) is 57.6 Å². The molecule has 0 atom stereocenters. The number of carbonyl (C=O) groups is 2. The molecule has 1 aromatic heterocycles. The van der Waals surface area contributed by atoms with Crippen LogP contribution in [-0.4, -0.2) is 75.0 Å². The Labute approximate surface area is 240 Å². The van der Waals surface area contributed by atoms with Crippen molar-refractivity contribution in [1.29, 1.82) is 0 Å². The second kappa shape index (κ2) is 16.1. The van der Waals surface area contributed by atoms with E-state index >= 15 is 0 Å². The van der Waals surface area contributed by atoms with Crippen molar-refractivity contribution in [2.24, 2.45) is 0 Å². The SMILES string of the molecule is COc1ccc(CCNC(=O)CSc2nnc(SCC(=O)NCCc3ccc(OC)c(OC)c3)s2)cc1OC. The van der Waals surface area contributed by atoms with Crippen molar-refractivity contribution >= 4 is 46.7 Å². The van der Waals surface area contributed by atoms with E-state index in [1.807, 2.05) is 36.4 Å². The molecule has 210 valence electrons. The molecule has 10 nitrogen and oxygen atoms in total. The van der Waals surface area contributed by atoms with E-state index in [9.17, 15) is 9.59 Å². The topological polar surface area (TPSA) is 121 Å². The minimum absolute atomic E-state index is 0.0845. The molecule has 0 saturated carbocycles. The Morgan fingerprint density at radius 3 is 1.49 bits per heavy atom. The Morgan fingerprint density at radius 1 is 0.692 bits per heavy atom. The third-order valence-corrected chi connectivity index (χ3v) is 8.60. The second-order valence-electron chi connectivity index (χ2n) is 7.99. The molecule has 3 aromatic rings. The molecule has 0 radical (unpaired) electrons. The van der Waals surface area contributed by atoms with Crippen LogP contribution in [0.25, 0.3) is 0 Å². The predicted octanol–water partition coefficient (Wildman–Crippen LogP) is 3.47. The molecule has 0 unspecified atom stereocenters. The van der Waals surface area contributed by atoms with Crippen LogP contribution in [0.5, 0.6) is 23.0 Å². The first-order valence-corrected chi connectivity index (χ1v) is 14.8. The average Bonchev–Trinajstić information content (AvgIpc) is 3.42. The standard InChI is InChI=1S/C26H32N4O6S3/c1-33-19-7-5-17(13-21(19)35-3)9-11-27-23(31)15-37-25-29-30-26(39-25)38-16-24(32)28-12-10-18-6-8-20(34-2)22(14-18)36-4/h5-8,13-14H,9-12,15-16H2,1-4H3,(H,27,31)(H,28,32). The quantitative estimate of drug-likeness (QED) is 0.239. The number of thioether (sulfide) groups is 2. The van der Waals surface area contributed by atoms with Gasteiger partial charge in [0.05, 0.1) is 39.9 Å². The molecular formula is C26H32N4O6S3. The smallest absolute Gasteiger partial charge is 0.230 e. The zero-order valence-corrected chi connectivity index (χ0v) is 24.7. The van der Waals surface area contributed by atoms with Gasteiger partial charge in [-0.3, -0.25) is 9.59 Å². The van der Waals surface area contributed by atoms with Crippen LogP contribution in [0.1, 0.15) is 11.1 Å². The Balaban J connectivity index is 1.31. The Morgan fingerprint density at radius 2 is 1.10 bits per heavy atom. The van der Waals surface area contributed by atoms with Gasteiger partial charge in [-0.2, -0.15) is 0 Å². The van der Waals surface area contributed by atoms with E-state index in [-0.39, 0.29) is 23.3 Å². The number of aromatic nitrogens is 2. The summed E-state index contributed by atoms with van der Waals surface area (Å²) in [4.78, 5) is 24.5. The first kappa shape index (κ1) is 30.4. The highest BCUT2D eigenvalue weighted by molar-refractivity contribution is 8.03. The van der Waals surface area contributed by atoms with Crippen LogP contribution in [0, 0.1) is 0 Å².